The molecule has 0 aliphatic heterocycles. The largest absolute Gasteiger partial charge is 0.495 e. The molecular formula is C27H31ClN2O8S. The van der Waals surface area contributed by atoms with Crippen LogP contribution in [-0.2, 0) is 21.2 Å². The van der Waals surface area contributed by atoms with E-state index in [-0.39, 0.29) is 33.6 Å². The van der Waals surface area contributed by atoms with Gasteiger partial charge in [-0.25, -0.2) is 8.42 Å². The van der Waals surface area contributed by atoms with E-state index in [1.807, 2.05) is 12.1 Å². The number of methoxy groups -OCH3 is 5. The number of hydrogen-bond acceptors (Lipinski definition) is 8. The molecule has 3 rings (SSSR count). The maximum absolute atomic E-state index is 13.9. The van der Waals surface area contributed by atoms with Crippen LogP contribution in [-0.4, -0.2) is 63.0 Å². The van der Waals surface area contributed by atoms with Crippen molar-refractivity contribution in [3.05, 3.63) is 65.2 Å². The third-order valence-corrected chi connectivity index (χ3v) is 7.81. The molecule has 0 bridgehead atoms. The average Bonchev–Trinajstić information content (AvgIpc) is 2.95. The minimum atomic E-state index is -4.28. The van der Waals surface area contributed by atoms with E-state index in [2.05, 4.69) is 5.32 Å². The highest BCUT2D eigenvalue weighted by Crippen LogP contribution is 2.37. The van der Waals surface area contributed by atoms with Gasteiger partial charge in [0.05, 0.1) is 46.1 Å². The molecule has 0 saturated heterocycles. The van der Waals surface area contributed by atoms with Crippen molar-refractivity contribution in [2.75, 3.05) is 52.9 Å². The number of sulfonamides is 1. The number of hydrogen-bond donors (Lipinski definition) is 1. The van der Waals surface area contributed by atoms with E-state index in [0.29, 0.717) is 23.7 Å². The molecule has 0 unspecified atom stereocenters. The van der Waals surface area contributed by atoms with Gasteiger partial charge in [-0.2, -0.15) is 0 Å². The first-order valence-corrected chi connectivity index (χ1v) is 13.6. The van der Waals surface area contributed by atoms with Crippen molar-refractivity contribution in [2.45, 2.75) is 11.3 Å². The van der Waals surface area contributed by atoms with Crippen molar-refractivity contribution in [3.63, 3.8) is 0 Å². The maximum Gasteiger partial charge on any atom is 0.265 e. The van der Waals surface area contributed by atoms with Crippen molar-refractivity contribution >= 4 is 33.2 Å². The van der Waals surface area contributed by atoms with Crippen molar-refractivity contribution in [1.29, 1.82) is 0 Å². The van der Waals surface area contributed by atoms with Crippen LogP contribution in [0.1, 0.15) is 5.56 Å². The van der Waals surface area contributed by atoms with Gasteiger partial charge in [-0.1, -0.05) is 17.7 Å². The van der Waals surface area contributed by atoms with Crippen LogP contribution in [0.3, 0.4) is 0 Å². The molecule has 1 amide bonds. The number of amides is 1. The first-order chi connectivity index (χ1) is 18.7. The minimum Gasteiger partial charge on any atom is -0.495 e. The first-order valence-electron chi connectivity index (χ1n) is 11.7. The molecule has 0 atom stereocenters. The predicted molar refractivity (Wildman–Crippen MR) is 148 cm³/mol. The van der Waals surface area contributed by atoms with Gasteiger partial charge in [0.25, 0.3) is 10.0 Å². The van der Waals surface area contributed by atoms with E-state index in [4.69, 9.17) is 35.3 Å². The van der Waals surface area contributed by atoms with Gasteiger partial charge in [0.2, 0.25) is 5.91 Å². The zero-order valence-electron chi connectivity index (χ0n) is 22.3. The molecule has 0 heterocycles. The van der Waals surface area contributed by atoms with E-state index >= 15 is 0 Å². The summed E-state index contributed by atoms with van der Waals surface area (Å²) in [6.07, 6.45) is 0.481. The molecule has 39 heavy (non-hydrogen) atoms. The quantitative estimate of drug-likeness (QED) is 0.325. The number of carbonyl (C=O) groups is 1. The van der Waals surface area contributed by atoms with Gasteiger partial charge in [0, 0.05) is 17.6 Å². The van der Waals surface area contributed by atoms with Crippen molar-refractivity contribution in [3.8, 4) is 28.7 Å². The number of nitrogens with one attached hydrogen (secondary N) is 1. The summed E-state index contributed by atoms with van der Waals surface area (Å²) in [6.45, 7) is -0.273. The predicted octanol–water partition coefficient (Wildman–Crippen LogP) is 3.94. The monoisotopic (exact) mass is 578 g/mol. The fourth-order valence-electron chi connectivity index (χ4n) is 3.83. The third-order valence-electron chi connectivity index (χ3n) is 5.82. The number of nitrogens with zero attached hydrogens (tertiary/aromatic N) is 1. The Hall–Kier alpha value is -3.83. The van der Waals surface area contributed by atoms with Crippen LogP contribution in [0.25, 0.3) is 0 Å². The molecule has 0 aliphatic rings. The van der Waals surface area contributed by atoms with E-state index in [0.717, 1.165) is 9.87 Å². The molecule has 0 aromatic heterocycles. The number of anilines is 1. The maximum atomic E-state index is 13.9. The van der Waals surface area contributed by atoms with Crippen LogP contribution < -0.4 is 33.3 Å². The van der Waals surface area contributed by atoms with Gasteiger partial charge in [0.15, 0.2) is 23.0 Å². The molecule has 0 spiro atoms. The highest BCUT2D eigenvalue weighted by Gasteiger charge is 2.30. The lowest BCUT2D eigenvalue weighted by atomic mass is 10.1. The molecule has 210 valence electrons. The van der Waals surface area contributed by atoms with Gasteiger partial charge in [0.1, 0.15) is 12.3 Å². The van der Waals surface area contributed by atoms with Gasteiger partial charge in [-0.05, 0) is 54.4 Å². The highest BCUT2D eigenvalue weighted by atomic mass is 35.5. The van der Waals surface area contributed by atoms with Gasteiger partial charge in [-0.3, -0.25) is 9.10 Å². The first kappa shape index (κ1) is 29.7. The summed E-state index contributed by atoms with van der Waals surface area (Å²) >= 11 is 6.20. The summed E-state index contributed by atoms with van der Waals surface area (Å²) in [7, 11) is 3.06. The summed E-state index contributed by atoms with van der Waals surface area (Å²) in [5.74, 6) is 1.44. The molecule has 3 aromatic carbocycles. The molecule has 10 nitrogen and oxygen atoms in total. The van der Waals surface area contributed by atoms with E-state index in [1.165, 1.54) is 51.7 Å². The Balaban J connectivity index is 1.89. The Kier molecular flexibility index (Phi) is 10.1. The van der Waals surface area contributed by atoms with Crippen LogP contribution >= 0.6 is 11.6 Å². The second-order valence-electron chi connectivity index (χ2n) is 8.13. The summed E-state index contributed by atoms with van der Waals surface area (Å²) in [5.41, 5.74) is 1.01. The van der Waals surface area contributed by atoms with Gasteiger partial charge >= 0.3 is 0 Å². The summed E-state index contributed by atoms with van der Waals surface area (Å²) in [5, 5.41) is 3.05. The topological polar surface area (TPSA) is 113 Å². The number of halogens is 1. The SMILES string of the molecule is COc1ccc(CCNC(=O)CN(c2cc(Cl)ccc2OC)S(=O)(=O)c2ccc(OC)c(OC)c2)cc1OC. The lowest BCUT2D eigenvalue weighted by molar-refractivity contribution is -0.119. The fourth-order valence-corrected chi connectivity index (χ4v) is 5.44. The number of ether oxygens (including phenoxy) is 5. The molecular weight excluding hydrogens is 548 g/mol. The van der Waals surface area contributed by atoms with Crippen LogP contribution in [0, 0.1) is 0 Å². The van der Waals surface area contributed by atoms with Crippen molar-refractivity contribution < 1.29 is 36.9 Å². The third kappa shape index (κ3) is 6.98. The Labute approximate surface area is 233 Å². The Bertz CT molecular complexity index is 1410. The van der Waals surface area contributed by atoms with Gasteiger partial charge < -0.3 is 29.0 Å². The van der Waals surface area contributed by atoms with Crippen LogP contribution in [0.4, 0.5) is 5.69 Å². The molecule has 1 N–H and O–H groups in total. The Morgan fingerprint density at radius 2 is 1.33 bits per heavy atom. The number of benzene rings is 3. The lowest BCUT2D eigenvalue weighted by Crippen LogP contribution is -2.41. The highest BCUT2D eigenvalue weighted by molar-refractivity contribution is 7.92. The van der Waals surface area contributed by atoms with Crippen LogP contribution in [0.15, 0.2) is 59.5 Å². The Morgan fingerprint density at radius 1 is 0.769 bits per heavy atom. The smallest absolute Gasteiger partial charge is 0.265 e. The zero-order valence-corrected chi connectivity index (χ0v) is 23.9. The van der Waals surface area contributed by atoms with E-state index in [9.17, 15) is 13.2 Å². The Morgan fingerprint density at radius 3 is 1.95 bits per heavy atom. The number of carbonyl (C=O) groups excluding carboxylic acids is 1. The molecule has 0 fully saturated rings. The van der Waals surface area contributed by atoms with E-state index in [1.54, 1.807) is 26.4 Å². The second-order valence-corrected chi connectivity index (χ2v) is 10.4. The van der Waals surface area contributed by atoms with Crippen molar-refractivity contribution in [1.82, 2.24) is 5.32 Å². The molecule has 0 aliphatic carbocycles. The summed E-state index contributed by atoms with van der Waals surface area (Å²) in [4.78, 5) is 12.9. The van der Waals surface area contributed by atoms with E-state index < -0.39 is 22.5 Å². The van der Waals surface area contributed by atoms with Gasteiger partial charge in [-0.15, -0.1) is 0 Å². The molecule has 12 heteroatoms. The normalized spacial score (nSPS) is 10.9. The molecule has 0 saturated carbocycles. The second kappa shape index (κ2) is 13.3. The summed E-state index contributed by atoms with van der Waals surface area (Å²) < 4.78 is 55.2. The summed E-state index contributed by atoms with van der Waals surface area (Å²) in [6, 6.07) is 14.1. The van der Waals surface area contributed by atoms with Crippen LogP contribution in [0.5, 0.6) is 28.7 Å². The fraction of sp³-hybridized carbons (Fsp3) is 0.296. The molecule has 3 aromatic rings. The zero-order chi connectivity index (χ0) is 28.6. The standard InChI is InChI=1S/C27H31ClN2O8S/c1-34-22-10-7-19(28)15-21(22)30(39(32,33)20-8-11-24(36-3)26(16-20)38-5)17-27(31)29-13-12-18-6-9-23(35-2)25(14-18)37-4/h6-11,14-16H,12-13,17H2,1-5H3,(H,29,31). The molecule has 0 radical (unpaired) electrons. The average molecular weight is 579 g/mol. The van der Waals surface area contributed by atoms with Crippen LogP contribution in [0.2, 0.25) is 5.02 Å². The van der Waals surface area contributed by atoms with Crippen molar-refractivity contribution in [2.24, 2.45) is 0 Å². The minimum absolute atomic E-state index is 0.106. The number of rotatable bonds is 13. The lowest BCUT2D eigenvalue weighted by Gasteiger charge is -2.26.